The van der Waals surface area contributed by atoms with Crippen LogP contribution in [0.3, 0.4) is 0 Å². The molecule has 0 radical (unpaired) electrons. The number of carbonyl (C=O) groups excluding carboxylic acids is 1. The number of carbonyl (C=O) groups is 1. The predicted molar refractivity (Wildman–Crippen MR) is 69.7 cm³/mol. The molecule has 1 rings (SSSR count). The zero-order valence-electron chi connectivity index (χ0n) is 11.3. The van der Waals surface area contributed by atoms with Crippen LogP contribution in [0.2, 0.25) is 0 Å². The van der Waals surface area contributed by atoms with Crippen molar-refractivity contribution in [3.8, 4) is 0 Å². The molecule has 17 heavy (non-hydrogen) atoms. The van der Waals surface area contributed by atoms with Crippen LogP contribution in [0.25, 0.3) is 0 Å². The van der Waals surface area contributed by atoms with Crippen molar-refractivity contribution in [3.05, 3.63) is 0 Å². The summed E-state index contributed by atoms with van der Waals surface area (Å²) in [6, 6.07) is 0. The van der Waals surface area contributed by atoms with Gasteiger partial charge in [0.05, 0.1) is 0 Å². The first-order valence-corrected chi connectivity index (χ1v) is 7.12. The molecular formula is C14H27NO2. The maximum atomic E-state index is 12.3. The molecule has 1 aliphatic rings. The van der Waals surface area contributed by atoms with Gasteiger partial charge in [-0.05, 0) is 31.6 Å². The standard InChI is InChI=1S/C14H27NO2/c1-3-5-8-13(4-2)14(17)15-9-6-7-12(10-15)11-16/h12-13,16H,3-11H2,1-2H3/t12-,13-/m0/s1. The molecule has 1 aliphatic heterocycles. The second-order valence-electron chi connectivity index (χ2n) is 5.22. The van der Waals surface area contributed by atoms with Gasteiger partial charge in [-0.15, -0.1) is 0 Å². The summed E-state index contributed by atoms with van der Waals surface area (Å²) in [5, 5.41) is 9.19. The summed E-state index contributed by atoms with van der Waals surface area (Å²) in [6.45, 7) is 6.14. The van der Waals surface area contributed by atoms with Gasteiger partial charge in [-0.3, -0.25) is 4.79 Å². The van der Waals surface area contributed by atoms with Gasteiger partial charge in [-0.1, -0.05) is 26.7 Å². The minimum atomic E-state index is 0.201. The fourth-order valence-electron chi connectivity index (χ4n) is 2.63. The molecule has 3 heteroatoms. The van der Waals surface area contributed by atoms with E-state index >= 15 is 0 Å². The lowest BCUT2D eigenvalue weighted by Crippen LogP contribution is -2.43. The Labute approximate surface area is 105 Å². The lowest BCUT2D eigenvalue weighted by atomic mass is 9.94. The zero-order valence-corrected chi connectivity index (χ0v) is 11.3. The van der Waals surface area contributed by atoms with Crippen molar-refractivity contribution < 1.29 is 9.90 Å². The smallest absolute Gasteiger partial charge is 0.225 e. The monoisotopic (exact) mass is 241 g/mol. The van der Waals surface area contributed by atoms with Crippen LogP contribution in [-0.4, -0.2) is 35.6 Å². The zero-order chi connectivity index (χ0) is 12.7. The fourth-order valence-corrected chi connectivity index (χ4v) is 2.63. The molecule has 1 saturated heterocycles. The average Bonchev–Trinajstić information content (AvgIpc) is 2.39. The molecule has 0 aliphatic carbocycles. The molecule has 0 unspecified atom stereocenters. The highest BCUT2D eigenvalue weighted by molar-refractivity contribution is 5.78. The van der Waals surface area contributed by atoms with Gasteiger partial charge >= 0.3 is 0 Å². The maximum Gasteiger partial charge on any atom is 0.225 e. The van der Waals surface area contributed by atoms with Crippen LogP contribution in [-0.2, 0) is 4.79 Å². The first-order valence-electron chi connectivity index (χ1n) is 7.12. The predicted octanol–water partition coefficient (Wildman–Crippen LogP) is 2.43. The third kappa shape index (κ3) is 4.30. The first-order chi connectivity index (χ1) is 8.22. The van der Waals surface area contributed by atoms with Crippen LogP contribution in [0.5, 0.6) is 0 Å². The summed E-state index contributed by atoms with van der Waals surface area (Å²) in [4.78, 5) is 14.3. The summed E-state index contributed by atoms with van der Waals surface area (Å²) in [7, 11) is 0. The Hall–Kier alpha value is -0.570. The number of amides is 1. The number of unbranched alkanes of at least 4 members (excludes halogenated alkanes) is 1. The third-order valence-electron chi connectivity index (χ3n) is 3.84. The lowest BCUT2D eigenvalue weighted by Gasteiger charge is -2.34. The normalized spacial score (nSPS) is 22.5. The van der Waals surface area contributed by atoms with Crippen LogP contribution in [0, 0.1) is 11.8 Å². The maximum absolute atomic E-state index is 12.3. The number of piperidine rings is 1. The molecule has 1 amide bonds. The second kappa shape index (κ2) is 7.70. The van der Waals surface area contributed by atoms with E-state index in [9.17, 15) is 9.90 Å². The molecule has 100 valence electrons. The summed E-state index contributed by atoms with van der Waals surface area (Å²) in [5.74, 6) is 0.822. The van der Waals surface area contributed by atoms with Crippen LogP contribution < -0.4 is 0 Å². The Kier molecular flexibility index (Phi) is 6.56. The van der Waals surface area contributed by atoms with E-state index in [1.807, 2.05) is 4.90 Å². The first kappa shape index (κ1) is 14.5. The molecule has 2 atom stereocenters. The minimum absolute atomic E-state index is 0.201. The van der Waals surface area contributed by atoms with Crippen molar-refractivity contribution in [3.63, 3.8) is 0 Å². The molecule has 0 aromatic rings. The number of aliphatic hydroxyl groups is 1. The van der Waals surface area contributed by atoms with E-state index in [1.54, 1.807) is 0 Å². The highest BCUT2D eigenvalue weighted by Gasteiger charge is 2.27. The van der Waals surface area contributed by atoms with Gasteiger partial charge in [0.1, 0.15) is 0 Å². The van der Waals surface area contributed by atoms with Crippen molar-refractivity contribution in [2.24, 2.45) is 11.8 Å². The molecule has 1 N–H and O–H groups in total. The number of rotatable bonds is 6. The van der Waals surface area contributed by atoms with Gasteiger partial charge < -0.3 is 10.0 Å². The molecule has 3 nitrogen and oxygen atoms in total. The van der Waals surface area contributed by atoms with E-state index < -0.39 is 0 Å². The van der Waals surface area contributed by atoms with Gasteiger partial charge in [0.15, 0.2) is 0 Å². The molecule has 0 aromatic carbocycles. The largest absolute Gasteiger partial charge is 0.396 e. The SMILES string of the molecule is CCCC[C@H](CC)C(=O)N1CCC[C@H](CO)C1. The summed E-state index contributed by atoms with van der Waals surface area (Å²) in [5.41, 5.74) is 0. The summed E-state index contributed by atoms with van der Waals surface area (Å²) in [6.07, 6.45) is 6.36. The molecule has 0 bridgehead atoms. The highest BCUT2D eigenvalue weighted by atomic mass is 16.3. The summed E-state index contributed by atoms with van der Waals surface area (Å²) < 4.78 is 0. The van der Waals surface area contributed by atoms with Crippen LogP contribution in [0.15, 0.2) is 0 Å². The Morgan fingerprint density at radius 2 is 2.24 bits per heavy atom. The molecule has 0 aromatic heterocycles. The second-order valence-corrected chi connectivity index (χ2v) is 5.22. The molecule has 1 heterocycles. The van der Waals surface area contributed by atoms with E-state index in [1.165, 1.54) is 0 Å². The van der Waals surface area contributed by atoms with Crippen molar-refractivity contribution in [2.45, 2.75) is 52.4 Å². The van der Waals surface area contributed by atoms with E-state index in [-0.39, 0.29) is 12.5 Å². The lowest BCUT2D eigenvalue weighted by molar-refractivity contribution is -0.138. The summed E-state index contributed by atoms with van der Waals surface area (Å²) >= 11 is 0. The number of hydrogen-bond donors (Lipinski definition) is 1. The van der Waals surface area contributed by atoms with E-state index in [0.29, 0.717) is 11.8 Å². The molecule has 1 fully saturated rings. The van der Waals surface area contributed by atoms with E-state index in [4.69, 9.17) is 0 Å². The van der Waals surface area contributed by atoms with Crippen LogP contribution in [0.4, 0.5) is 0 Å². The fraction of sp³-hybridized carbons (Fsp3) is 0.929. The quantitative estimate of drug-likeness (QED) is 0.776. The van der Waals surface area contributed by atoms with E-state index in [2.05, 4.69) is 13.8 Å². The third-order valence-corrected chi connectivity index (χ3v) is 3.84. The number of aliphatic hydroxyl groups excluding tert-OH is 1. The van der Waals surface area contributed by atoms with Crippen molar-refractivity contribution in [2.75, 3.05) is 19.7 Å². The Bertz CT molecular complexity index is 230. The average molecular weight is 241 g/mol. The molecule has 0 spiro atoms. The highest BCUT2D eigenvalue weighted by Crippen LogP contribution is 2.21. The molecular weight excluding hydrogens is 214 g/mol. The van der Waals surface area contributed by atoms with Gasteiger partial charge in [0.2, 0.25) is 5.91 Å². The number of nitrogens with zero attached hydrogens (tertiary/aromatic N) is 1. The van der Waals surface area contributed by atoms with Gasteiger partial charge in [-0.25, -0.2) is 0 Å². The molecule has 0 saturated carbocycles. The van der Waals surface area contributed by atoms with Gasteiger partial charge in [-0.2, -0.15) is 0 Å². The van der Waals surface area contributed by atoms with E-state index in [0.717, 1.165) is 51.6 Å². The van der Waals surface area contributed by atoms with Crippen molar-refractivity contribution in [1.29, 1.82) is 0 Å². The Morgan fingerprint density at radius 3 is 2.82 bits per heavy atom. The van der Waals surface area contributed by atoms with Crippen LogP contribution >= 0.6 is 0 Å². The van der Waals surface area contributed by atoms with Crippen molar-refractivity contribution in [1.82, 2.24) is 4.90 Å². The number of hydrogen-bond acceptors (Lipinski definition) is 2. The van der Waals surface area contributed by atoms with Crippen LogP contribution in [0.1, 0.15) is 52.4 Å². The Morgan fingerprint density at radius 1 is 1.47 bits per heavy atom. The van der Waals surface area contributed by atoms with Crippen molar-refractivity contribution >= 4 is 5.91 Å². The number of likely N-dealkylation sites (tertiary alicyclic amines) is 1. The topological polar surface area (TPSA) is 40.5 Å². The van der Waals surface area contributed by atoms with Gasteiger partial charge in [0.25, 0.3) is 0 Å². The minimum Gasteiger partial charge on any atom is -0.396 e. The Balaban J connectivity index is 2.48. The van der Waals surface area contributed by atoms with Gasteiger partial charge in [0, 0.05) is 25.6 Å².